The minimum absolute atomic E-state index is 0.152. The summed E-state index contributed by atoms with van der Waals surface area (Å²) in [5.41, 5.74) is 2.05. The van der Waals surface area contributed by atoms with Gasteiger partial charge in [-0.05, 0) is 35.9 Å². The molecule has 2 amide bonds. The smallest absolute Gasteiger partial charge is 0.283 e. The molecule has 2 N–H and O–H groups in total. The van der Waals surface area contributed by atoms with Gasteiger partial charge in [0.1, 0.15) is 6.54 Å². The zero-order chi connectivity index (χ0) is 23.4. The molecule has 4 aromatic rings. The van der Waals surface area contributed by atoms with Gasteiger partial charge in [0.05, 0.1) is 22.1 Å². The molecule has 0 atom stereocenters. The van der Waals surface area contributed by atoms with Gasteiger partial charge in [-0.1, -0.05) is 47.5 Å². The molecule has 0 radical (unpaired) electrons. The minimum Gasteiger partial charge on any atom is -0.493 e. The molecule has 0 aliphatic heterocycles. The quantitative estimate of drug-likeness (QED) is 0.371. The lowest BCUT2D eigenvalue weighted by molar-refractivity contribution is -0.117. The highest BCUT2D eigenvalue weighted by molar-refractivity contribution is 6.42. The van der Waals surface area contributed by atoms with Crippen molar-refractivity contribution in [1.82, 2.24) is 14.9 Å². The number of carbonyl (C=O) groups is 2. The van der Waals surface area contributed by atoms with Gasteiger partial charge in [-0.2, -0.15) is 0 Å². The number of carbonyl (C=O) groups excluding carboxylic acids is 2. The Morgan fingerprint density at radius 2 is 1.79 bits per heavy atom. The van der Waals surface area contributed by atoms with E-state index in [1.54, 1.807) is 34.9 Å². The number of benzene rings is 2. The average Bonchev–Trinajstić information content (AvgIpc) is 3.09. The van der Waals surface area contributed by atoms with Crippen LogP contribution in [0.1, 0.15) is 15.9 Å². The number of halogens is 2. The van der Waals surface area contributed by atoms with Gasteiger partial charge in [-0.15, -0.1) is 10.2 Å². The van der Waals surface area contributed by atoms with Crippen molar-refractivity contribution in [3.8, 4) is 5.88 Å². The molecule has 0 unspecified atom stereocenters. The van der Waals surface area contributed by atoms with Crippen molar-refractivity contribution >= 4 is 51.6 Å². The molecule has 2 heterocycles. The maximum atomic E-state index is 12.2. The van der Waals surface area contributed by atoms with Crippen LogP contribution in [0.2, 0.25) is 10.0 Å². The second-order valence-corrected chi connectivity index (χ2v) is 7.85. The van der Waals surface area contributed by atoms with Crippen molar-refractivity contribution in [2.75, 3.05) is 6.54 Å². The van der Waals surface area contributed by atoms with Crippen molar-refractivity contribution in [3.05, 3.63) is 88.2 Å². The summed E-state index contributed by atoms with van der Waals surface area (Å²) in [7, 11) is 0. The second kappa shape index (κ2) is 9.81. The maximum Gasteiger partial charge on any atom is 0.283 e. The van der Waals surface area contributed by atoms with E-state index in [0.717, 1.165) is 5.56 Å². The zero-order valence-corrected chi connectivity index (χ0v) is 18.6. The van der Waals surface area contributed by atoms with Crippen molar-refractivity contribution < 1.29 is 14.7 Å². The number of pyridine rings is 1. The Labute approximate surface area is 198 Å². The average molecular weight is 482 g/mol. The highest BCUT2D eigenvalue weighted by atomic mass is 35.5. The predicted octanol–water partition coefficient (Wildman–Crippen LogP) is 5.14. The zero-order valence-electron chi connectivity index (χ0n) is 17.1. The van der Waals surface area contributed by atoms with Crippen LogP contribution in [0.25, 0.3) is 10.9 Å². The summed E-state index contributed by atoms with van der Waals surface area (Å²) in [6.07, 6.45) is 2.96. The summed E-state index contributed by atoms with van der Waals surface area (Å²) >= 11 is 12.1. The first-order chi connectivity index (χ1) is 15.9. The Balaban J connectivity index is 1.54. The van der Waals surface area contributed by atoms with E-state index in [1.807, 2.05) is 12.1 Å². The Kier molecular flexibility index (Phi) is 6.67. The van der Waals surface area contributed by atoms with Gasteiger partial charge in [0, 0.05) is 23.3 Å². The summed E-state index contributed by atoms with van der Waals surface area (Å²) in [5, 5.41) is 22.4. The number of hydrogen-bond donors (Lipinski definition) is 2. The second-order valence-electron chi connectivity index (χ2n) is 7.04. The first-order valence-corrected chi connectivity index (χ1v) is 10.6. The monoisotopic (exact) mass is 481 g/mol. The molecule has 0 aliphatic rings. The number of azo groups is 1. The van der Waals surface area contributed by atoms with Crippen LogP contribution in [0.15, 0.2) is 77.2 Å². The molecule has 0 saturated heterocycles. The topological polar surface area (TPSA) is 109 Å². The highest BCUT2D eigenvalue weighted by Gasteiger charge is 2.17. The Bertz CT molecular complexity index is 1370. The Morgan fingerprint density at radius 3 is 2.55 bits per heavy atom. The minimum atomic E-state index is -0.668. The van der Waals surface area contributed by atoms with E-state index in [4.69, 9.17) is 23.2 Å². The third-order valence-corrected chi connectivity index (χ3v) is 5.59. The number of nitrogens with one attached hydrogen (secondary N) is 1. The molecule has 33 heavy (non-hydrogen) atoms. The molecular formula is C23H17Cl2N5O3. The number of para-hydroxylation sites is 1. The molecule has 0 aliphatic carbocycles. The fraction of sp³-hybridized carbons (Fsp3) is 0.0870. The van der Waals surface area contributed by atoms with Crippen molar-refractivity contribution in [2.45, 2.75) is 6.54 Å². The van der Waals surface area contributed by atoms with E-state index in [-0.39, 0.29) is 18.1 Å². The van der Waals surface area contributed by atoms with E-state index in [0.29, 0.717) is 33.1 Å². The lowest BCUT2D eigenvalue weighted by atomic mass is 10.2. The first kappa shape index (κ1) is 22.4. The van der Waals surface area contributed by atoms with Crippen LogP contribution in [0.3, 0.4) is 0 Å². The first-order valence-electron chi connectivity index (χ1n) is 9.81. The molecule has 166 valence electrons. The molecule has 4 rings (SSSR count). The number of rotatable bonds is 6. The van der Waals surface area contributed by atoms with Crippen LogP contribution in [0.5, 0.6) is 5.88 Å². The van der Waals surface area contributed by atoms with Crippen LogP contribution in [0.4, 0.5) is 5.69 Å². The van der Waals surface area contributed by atoms with E-state index < -0.39 is 11.8 Å². The van der Waals surface area contributed by atoms with Gasteiger partial charge in [0.25, 0.3) is 11.8 Å². The van der Waals surface area contributed by atoms with Gasteiger partial charge >= 0.3 is 0 Å². The summed E-state index contributed by atoms with van der Waals surface area (Å²) < 4.78 is 1.64. The molecule has 0 saturated carbocycles. The van der Waals surface area contributed by atoms with Gasteiger partial charge < -0.3 is 15.0 Å². The molecular weight excluding hydrogens is 465 g/mol. The fourth-order valence-electron chi connectivity index (χ4n) is 3.25. The molecule has 2 aromatic carbocycles. The summed E-state index contributed by atoms with van der Waals surface area (Å²) in [4.78, 5) is 28.1. The lowest BCUT2D eigenvalue weighted by Crippen LogP contribution is -2.28. The van der Waals surface area contributed by atoms with E-state index in [2.05, 4.69) is 20.5 Å². The van der Waals surface area contributed by atoms with E-state index in [1.165, 1.54) is 24.5 Å². The Hall–Kier alpha value is -3.75. The number of aromatic hydroxyl groups is 1. The largest absolute Gasteiger partial charge is 0.493 e. The molecule has 8 nitrogen and oxygen atoms in total. The summed E-state index contributed by atoms with van der Waals surface area (Å²) in [6.45, 7) is -0.0397. The lowest BCUT2D eigenvalue weighted by Gasteiger charge is -2.08. The molecule has 0 fully saturated rings. The highest BCUT2D eigenvalue weighted by Crippen LogP contribution is 2.39. The number of hydrogen-bond acceptors (Lipinski definition) is 5. The summed E-state index contributed by atoms with van der Waals surface area (Å²) in [6, 6.07) is 15.5. The third kappa shape index (κ3) is 5.02. The van der Waals surface area contributed by atoms with Gasteiger partial charge in [0.15, 0.2) is 5.69 Å². The molecule has 10 heteroatoms. The number of nitrogens with zero attached hydrogens (tertiary/aromatic N) is 4. The van der Waals surface area contributed by atoms with E-state index >= 15 is 0 Å². The van der Waals surface area contributed by atoms with Crippen molar-refractivity contribution in [2.24, 2.45) is 10.2 Å². The molecule has 0 spiro atoms. The van der Waals surface area contributed by atoms with E-state index in [9.17, 15) is 14.7 Å². The van der Waals surface area contributed by atoms with Crippen LogP contribution in [-0.2, 0) is 11.3 Å². The van der Waals surface area contributed by atoms with Crippen LogP contribution < -0.4 is 5.32 Å². The van der Waals surface area contributed by atoms with Crippen LogP contribution in [0, 0.1) is 0 Å². The third-order valence-electron chi connectivity index (χ3n) is 4.85. The van der Waals surface area contributed by atoms with Crippen LogP contribution in [-0.4, -0.2) is 33.0 Å². The Morgan fingerprint density at radius 1 is 1.03 bits per heavy atom. The standard InChI is InChI=1S/C23H17Cl2N5O3/c24-17-6-5-14(11-18(17)25)13-30-19-4-2-1-3-16(19)21(23(30)33)29-28-20(31)12-27-22(32)15-7-9-26-10-8-15/h1-11,33H,12-13H2,(H,27,32). The SMILES string of the molecule is O=C(CNC(=O)c1ccncc1)N=Nc1c(O)n(Cc2ccc(Cl)c(Cl)c2)c2ccccc12. The van der Waals surface area contributed by atoms with Crippen LogP contribution >= 0.6 is 23.2 Å². The van der Waals surface area contributed by atoms with Gasteiger partial charge in [-0.25, -0.2) is 0 Å². The molecule has 0 bridgehead atoms. The summed E-state index contributed by atoms with van der Waals surface area (Å²) in [5.74, 6) is -1.25. The normalized spacial score (nSPS) is 11.2. The predicted molar refractivity (Wildman–Crippen MR) is 125 cm³/mol. The van der Waals surface area contributed by atoms with Crippen molar-refractivity contribution in [3.63, 3.8) is 0 Å². The maximum absolute atomic E-state index is 12.2. The van der Waals surface area contributed by atoms with Gasteiger partial charge in [-0.3, -0.25) is 14.6 Å². The number of fused-ring (bicyclic) bond motifs is 1. The fourth-order valence-corrected chi connectivity index (χ4v) is 3.57. The molecule has 2 aromatic heterocycles. The van der Waals surface area contributed by atoms with Crippen molar-refractivity contribution in [1.29, 1.82) is 0 Å². The number of aromatic nitrogens is 2. The van der Waals surface area contributed by atoms with Gasteiger partial charge in [0.2, 0.25) is 5.88 Å². The number of amides is 2.